The fourth-order valence-electron chi connectivity index (χ4n) is 3.68. The van der Waals surface area contributed by atoms with Crippen molar-refractivity contribution in [2.24, 2.45) is 0 Å². The summed E-state index contributed by atoms with van der Waals surface area (Å²) in [6.07, 6.45) is 3.22. The molecule has 0 amide bonds. The van der Waals surface area contributed by atoms with Gasteiger partial charge in [-0.25, -0.2) is 0 Å². The van der Waals surface area contributed by atoms with Crippen LogP contribution < -0.4 is 4.90 Å². The Bertz CT molecular complexity index is 854. The van der Waals surface area contributed by atoms with Gasteiger partial charge in [0.2, 0.25) is 0 Å². The van der Waals surface area contributed by atoms with E-state index >= 15 is 0 Å². The molecular formula is C23H21N. The molecule has 1 aliphatic rings. The zero-order valence-electron chi connectivity index (χ0n) is 14.2. The summed E-state index contributed by atoms with van der Waals surface area (Å²) in [4.78, 5) is 2.42. The maximum atomic E-state index is 2.42. The fourth-order valence-corrected chi connectivity index (χ4v) is 3.68. The first-order valence-electron chi connectivity index (χ1n) is 8.58. The Morgan fingerprint density at radius 1 is 0.708 bits per heavy atom. The van der Waals surface area contributed by atoms with E-state index in [1.165, 1.54) is 39.3 Å². The zero-order chi connectivity index (χ0) is 16.5. The van der Waals surface area contributed by atoms with Crippen LogP contribution in [-0.2, 0) is 0 Å². The molecule has 0 aliphatic carbocycles. The van der Waals surface area contributed by atoms with Gasteiger partial charge in [-0.1, -0.05) is 73.7 Å². The van der Waals surface area contributed by atoms with Crippen molar-refractivity contribution in [2.45, 2.75) is 20.3 Å². The Kier molecular flexibility index (Phi) is 3.70. The molecule has 0 N–H and O–H groups in total. The SMILES string of the molecule is CC=C(CC)N1c2ccccc2-c2ccccc2-c2ccccc21. The summed E-state index contributed by atoms with van der Waals surface area (Å²) in [6, 6.07) is 26.2. The highest BCUT2D eigenvalue weighted by molar-refractivity contribution is 6.00. The summed E-state index contributed by atoms with van der Waals surface area (Å²) in [5.74, 6) is 0. The molecule has 0 atom stereocenters. The molecule has 1 aliphatic heterocycles. The van der Waals surface area contributed by atoms with Crippen LogP contribution in [0.1, 0.15) is 20.3 Å². The second-order valence-electron chi connectivity index (χ2n) is 6.05. The topological polar surface area (TPSA) is 3.24 Å². The van der Waals surface area contributed by atoms with Crippen molar-refractivity contribution >= 4 is 11.4 Å². The molecule has 4 rings (SSSR count). The van der Waals surface area contributed by atoms with E-state index in [9.17, 15) is 0 Å². The molecule has 0 saturated heterocycles. The maximum Gasteiger partial charge on any atom is 0.0537 e. The van der Waals surface area contributed by atoms with Crippen LogP contribution in [0.2, 0.25) is 0 Å². The van der Waals surface area contributed by atoms with E-state index in [0.717, 1.165) is 6.42 Å². The van der Waals surface area contributed by atoms with E-state index in [2.05, 4.69) is 97.6 Å². The van der Waals surface area contributed by atoms with Gasteiger partial charge in [-0.15, -0.1) is 0 Å². The average Bonchev–Trinajstić information content (AvgIpc) is 2.77. The van der Waals surface area contributed by atoms with Crippen LogP contribution in [0.5, 0.6) is 0 Å². The molecular weight excluding hydrogens is 290 g/mol. The largest absolute Gasteiger partial charge is 0.313 e. The molecule has 0 unspecified atom stereocenters. The molecule has 118 valence electrons. The van der Waals surface area contributed by atoms with Crippen LogP contribution >= 0.6 is 0 Å². The van der Waals surface area contributed by atoms with Crippen molar-refractivity contribution in [3.05, 3.63) is 84.6 Å². The third kappa shape index (κ3) is 2.16. The number of para-hydroxylation sites is 2. The third-order valence-corrected chi connectivity index (χ3v) is 4.78. The minimum Gasteiger partial charge on any atom is -0.313 e. The summed E-state index contributed by atoms with van der Waals surface area (Å²) < 4.78 is 0. The van der Waals surface area contributed by atoms with Crippen LogP contribution in [-0.4, -0.2) is 0 Å². The molecule has 3 aromatic rings. The Labute approximate surface area is 143 Å². The summed E-state index contributed by atoms with van der Waals surface area (Å²) in [6.45, 7) is 4.35. The molecule has 24 heavy (non-hydrogen) atoms. The van der Waals surface area contributed by atoms with Crippen LogP contribution in [0, 0.1) is 0 Å². The Morgan fingerprint density at radius 2 is 1.12 bits per heavy atom. The normalized spacial score (nSPS) is 12.9. The number of anilines is 2. The summed E-state index contributed by atoms with van der Waals surface area (Å²) in [5, 5.41) is 0. The second kappa shape index (κ2) is 6.01. The van der Waals surface area contributed by atoms with E-state index < -0.39 is 0 Å². The summed E-state index contributed by atoms with van der Waals surface area (Å²) in [7, 11) is 0. The number of hydrogen-bond donors (Lipinski definition) is 0. The third-order valence-electron chi connectivity index (χ3n) is 4.78. The fraction of sp³-hybridized carbons (Fsp3) is 0.130. The van der Waals surface area contributed by atoms with Crippen molar-refractivity contribution < 1.29 is 0 Å². The van der Waals surface area contributed by atoms with E-state index in [4.69, 9.17) is 0 Å². The summed E-state index contributed by atoms with van der Waals surface area (Å²) in [5.41, 5.74) is 9.01. The van der Waals surface area contributed by atoms with Gasteiger partial charge in [0.15, 0.2) is 0 Å². The molecule has 1 heteroatoms. The zero-order valence-corrected chi connectivity index (χ0v) is 14.2. The molecule has 0 spiro atoms. The van der Waals surface area contributed by atoms with E-state index in [1.807, 2.05) is 0 Å². The van der Waals surface area contributed by atoms with Crippen LogP contribution in [0.3, 0.4) is 0 Å². The standard InChI is InChI=1S/C23H21N/c1-3-17(4-2)24-22-15-9-7-13-20(22)18-11-5-6-12-19(18)21-14-8-10-16-23(21)24/h3,5-16H,4H2,1-2H3. The lowest BCUT2D eigenvalue weighted by molar-refractivity contribution is 1.01. The molecule has 0 fully saturated rings. The average molecular weight is 311 g/mol. The number of hydrogen-bond acceptors (Lipinski definition) is 1. The molecule has 1 nitrogen and oxygen atoms in total. The van der Waals surface area contributed by atoms with E-state index in [-0.39, 0.29) is 0 Å². The van der Waals surface area contributed by atoms with Gasteiger partial charge in [0, 0.05) is 16.8 Å². The lowest BCUT2D eigenvalue weighted by atomic mass is 9.95. The predicted molar refractivity (Wildman–Crippen MR) is 104 cm³/mol. The van der Waals surface area contributed by atoms with E-state index in [0.29, 0.717) is 0 Å². The van der Waals surface area contributed by atoms with Gasteiger partial charge in [-0.05, 0) is 36.6 Å². The second-order valence-corrected chi connectivity index (χ2v) is 6.05. The predicted octanol–water partition coefficient (Wildman–Crippen LogP) is 6.79. The van der Waals surface area contributed by atoms with Crippen molar-refractivity contribution in [2.75, 3.05) is 4.90 Å². The van der Waals surface area contributed by atoms with Crippen molar-refractivity contribution in [3.63, 3.8) is 0 Å². The van der Waals surface area contributed by atoms with Crippen molar-refractivity contribution in [3.8, 4) is 22.3 Å². The first kappa shape index (κ1) is 14.8. The van der Waals surface area contributed by atoms with Gasteiger partial charge in [0.1, 0.15) is 0 Å². The van der Waals surface area contributed by atoms with Gasteiger partial charge in [-0.2, -0.15) is 0 Å². The lowest BCUT2D eigenvalue weighted by Crippen LogP contribution is -2.16. The first-order valence-corrected chi connectivity index (χ1v) is 8.58. The highest BCUT2D eigenvalue weighted by Crippen LogP contribution is 2.48. The highest BCUT2D eigenvalue weighted by Gasteiger charge is 2.25. The maximum absolute atomic E-state index is 2.42. The van der Waals surface area contributed by atoms with Crippen molar-refractivity contribution in [1.29, 1.82) is 0 Å². The molecule has 0 saturated carbocycles. The smallest absolute Gasteiger partial charge is 0.0537 e. The number of nitrogens with zero attached hydrogens (tertiary/aromatic N) is 1. The molecule has 1 heterocycles. The number of rotatable bonds is 2. The molecule has 0 aromatic heterocycles. The Balaban J connectivity index is 2.14. The van der Waals surface area contributed by atoms with Crippen LogP contribution in [0.25, 0.3) is 22.3 Å². The summed E-state index contributed by atoms with van der Waals surface area (Å²) >= 11 is 0. The number of benzene rings is 3. The monoisotopic (exact) mass is 311 g/mol. The minimum atomic E-state index is 0.996. The molecule has 0 radical (unpaired) electrons. The molecule has 3 aromatic carbocycles. The first-order chi connectivity index (χ1) is 11.8. The van der Waals surface area contributed by atoms with Crippen LogP contribution in [0.15, 0.2) is 84.6 Å². The Morgan fingerprint density at radius 3 is 1.54 bits per heavy atom. The number of fused-ring (bicyclic) bond motifs is 5. The Hall–Kier alpha value is -2.80. The van der Waals surface area contributed by atoms with E-state index in [1.54, 1.807) is 0 Å². The van der Waals surface area contributed by atoms with Gasteiger partial charge in [0.05, 0.1) is 11.4 Å². The van der Waals surface area contributed by atoms with Gasteiger partial charge < -0.3 is 4.90 Å². The molecule has 0 bridgehead atoms. The lowest BCUT2D eigenvalue weighted by Gasteiger charge is -2.29. The van der Waals surface area contributed by atoms with Gasteiger partial charge >= 0.3 is 0 Å². The number of allylic oxidation sites excluding steroid dienone is 2. The van der Waals surface area contributed by atoms with Gasteiger partial charge in [-0.3, -0.25) is 0 Å². The quantitative estimate of drug-likeness (QED) is 0.504. The van der Waals surface area contributed by atoms with Crippen molar-refractivity contribution in [1.82, 2.24) is 0 Å². The van der Waals surface area contributed by atoms with Gasteiger partial charge in [0.25, 0.3) is 0 Å². The highest BCUT2D eigenvalue weighted by atomic mass is 15.2. The minimum absolute atomic E-state index is 0.996. The van der Waals surface area contributed by atoms with Crippen LogP contribution in [0.4, 0.5) is 11.4 Å².